The number of aromatic nitrogens is 2. The van der Waals surface area contributed by atoms with Crippen LogP contribution in [0.4, 0.5) is 5.69 Å². The van der Waals surface area contributed by atoms with Crippen LogP contribution in [0.25, 0.3) is 32.8 Å². The van der Waals surface area contributed by atoms with E-state index in [-0.39, 0.29) is 55.6 Å². The molecule has 4 aromatic rings. The molecule has 34 heavy (non-hydrogen) atoms. The van der Waals surface area contributed by atoms with Crippen molar-refractivity contribution in [3.05, 3.63) is 48.0 Å². The number of guanidine groups is 1. The zero-order chi connectivity index (χ0) is 22.1. The summed E-state index contributed by atoms with van der Waals surface area (Å²) in [6.45, 7) is 3.72. The summed E-state index contributed by atoms with van der Waals surface area (Å²) >= 11 is 0. The van der Waals surface area contributed by atoms with Gasteiger partial charge in [-0.2, -0.15) is 0 Å². The molecule has 0 aliphatic rings. The normalized spacial score (nSPS) is 10.5. The average molecular weight is 527 g/mol. The Morgan fingerprint density at radius 3 is 2.47 bits per heavy atom. The first kappa shape index (κ1) is 29.3. The first-order valence-electron chi connectivity index (χ1n) is 10.2. The molecule has 2 aromatic carbocycles. The summed E-state index contributed by atoms with van der Waals surface area (Å²) in [5.41, 5.74) is 15.5. The van der Waals surface area contributed by atoms with Crippen LogP contribution in [0.3, 0.4) is 0 Å². The van der Waals surface area contributed by atoms with Gasteiger partial charge in [-0.3, -0.25) is 4.79 Å². The summed E-state index contributed by atoms with van der Waals surface area (Å²) in [5.74, 6) is -0.382. The molecule has 0 aliphatic heterocycles. The number of hydrogen-bond donors (Lipinski definition) is 3. The Hall–Kier alpha value is -2.78. The Balaban J connectivity index is 0.00000193. The second-order valence-electron chi connectivity index (χ2n) is 7.93. The van der Waals surface area contributed by atoms with Crippen molar-refractivity contribution in [3.63, 3.8) is 0 Å². The van der Waals surface area contributed by atoms with Crippen molar-refractivity contribution in [2.24, 2.45) is 16.5 Å². The molecule has 1 amide bonds. The van der Waals surface area contributed by atoms with Gasteiger partial charge in [0.25, 0.3) is 0 Å². The number of pyridine rings is 1. The zero-order valence-corrected chi connectivity index (χ0v) is 21.7. The molecule has 0 aliphatic carbocycles. The molecule has 11 heteroatoms. The van der Waals surface area contributed by atoms with Gasteiger partial charge in [-0.1, -0.05) is 18.2 Å². The van der Waals surface area contributed by atoms with Crippen molar-refractivity contribution >= 4 is 87.6 Å². The second-order valence-corrected chi connectivity index (χ2v) is 7.93. The van der Waals surface area contributed by atoms with Crippen LogP contribution in [0.5, 0.6) is 0 Å². The van der Waals surface area contributed by atoms with Gasteiger partial charge in [-0.05, 0) is 50.8 Å². The lowest BCUT2D eigenvalue weighted by molar-refractivity contribution is -0.114. The van der Waals surface area contributed by atoms with E-state index < -0.39 is 0 Å². The molecule has 0 radical (unpaired) electrons. The van der Waals surface area contributed by atoms with Crippen LogP contribution in [0.15, 0.2) is 47.5 Å². The van der Waals surface area contributed by atoms with Crippen LogP contribution in [-0.2, 0) is 11.3 Å². The third kappa shape index (κ3) is 5.82. The summed E-state index contributed by atoms with van der Waals surface area (Å²) in [7, 11) is 4.12. The van der Waals surface area contributed by atoms with Gasteiger partial charge >= 0.3 is 0 Å². The number of carbonyl (C=O) groups is 1. The molecule has 4 rings (SSSR count). The molecule has 0 saturated heterocycles. The molecule has 0 saturated carbocycles. The van der Waals surface area contributed by atoms with Gasteiger partial charge in [0.05, 0.1) is 11.0 Å². The number of fused-ring (bicyclic) bond motifs is 4. The Bertz CT molecular complexity index is 1330. The summed E-state index contributed by atoms with van der Waals surface area (Å²) in [6.07, 6.45) is 0. The van der Waals surface area contributed by atoms with Crippen LogP contribution in [0.2, 0.25) is 0 Å². The molecule has 2 aromatic heterocycles. The third-order valence-electron chi connectivity index (χ3n) is 5.41. The summed E-state index contributed by atoms with van der Waals surface area (Å²) < 4.78 is 2.26. The van der Waals surface area contributed by atoms with Gasteiger partial charge < -0.3 is 26.3 Å². The average Bonchev–Trinajstić information content (AvgIpc) is 3.03. The number of benzene rings is 2. The first-order chi connectivity index (χ1) is 14.8. The Kier molecular flexibility index (Phi) is 10.4. The quantitative estimate of drug-likeness (QED) is 0.262. The lowest BCUT2D eigenvalue weighted by Crippen LogP contribution is -2.25. The molecule has 0 atom stereocenters. The van der Waals surface area contributed by atoms with E-state index in [9.17, 15) is 4.79 Å². The van der Waals surface area contributed by atoms with Crippen LogP contribution >= 0.6 is 37.2 Å². The number of rotatable bonds is 6. The summed E-state index contributed by atoms with van der Waals surface area (Å²) in [5, 5.41) is 6.17. The van der Waals surface area contributed by atoms with Gasteiger partial charge in [-0.25, -0.2) is 9.98 Å². The summed E-state index contributed by atoms with van der Waals surface area (Å²) in [4.78, 5) is 23.1. The molecule has 2 heterocycles. The number of carbonyl (C=O) groups excluding carboxylic acids is 1. The minimum atomic E-state index is -0.274. The maximum Gasteiger partial charge on any atom is 0.246 e. The van der Waals surface area contributed by atoms with Gasteiger partial charge in [0.1, 0.15) is 12.2 Å². The van der Waals surface area contributed by atoms with Crippen LogP contribution < -0.4 is 16.8 Å². The SMILES string of the molecule is Cc1c2ccccc2nc2c1c1cc(NC(=O)CN=C(N)N)ccc1n2CCN(C)C.Cl.Cl.Cl. The lowest BCUT2D eigenvalue weighted by atomic mass is 10.0. The second kappa shape index (κ2) is 12.1. The van der Waals surface area contributed by atoms with Crippen LogP contribution in [0.1, 0.15) is 5.56 Å². The van der Waals surface area contributed by atoms with Crippen molar-refractivity contribution in [3.8, 4) is 0 Å². The molecule has 184 valence electrons. The van der Waals surface area contributed by atoms with E-state index in [0.29, 0.717) is 5.69 Å². The minimum Gasteiger partial charge on any atom is -0.370 e. The van der Waals surface area contributed by atoms with E-state index in [2.05, 4.69) is 46.9 Å². The fourth-order valence-corrected chi connectivity index (χ4v) is 3.93. The van der Waals surface area contributed by atoms with E-state index in [1.54, 1.807) is 0 Å². The van der Waals surface area contributed by atoms with Gasteiger partial charge in [-0.15, -0.1) is 37.2 Å². The van der Waals surface area contributed by atoms with E-state index in [4.69, 9.17) is 16.5 Å². The predicted octanol–water partition coefficient (Wildman–Crippen LogP) is 3.69. The van der Waals surface area contributed by atoms with E-state index in [1.165, 1.54) is 5.56 Å². The maximum atomic E-state index is 12.2. The third-order valence-corrected chi connectivity index (χ3v) is 5.41. The molecule has 0 unspecified atom stereocenters. The van der Waals surface area contributed by atoms with Gasteiger partial charge in [0.2, 0.25) is 5.91 Å². The Labute approximate surface area is 217 Å². The number of aryl methyl sites for hydroxylation is 1. The van der Waals surface area contributed by atoms with Gasteiger partial charge in [0, 0.05) is 34.9 Å². The molecule has 0 fully saturated rings. The molecule has 5 N–H and O–H groups in total. The standard InChI is InChI=1S/C23H27N7O.3ClH/c1-14-16-6-4-5-7-18(16)28-22-21(14)17-12-15(27-20(31)13-26-23(24)25)8-9-19(17)30(22)11-10-29(2)3;;;/h4-9,12H,10-11,13H2,1-3H3,(H,27,31)(H4,24,25,26);3*1H. The first-order valence-corrected chi connectivity index (χ1v) is 10.2. The highest BCUT2D eigenvalue weighted by molar-refractivity contribution is 6.14. The van der Waals surface area contributed by atoms with Crippen molar-refractivity contribution in [1.29, 1.82) is 0 Å². The van der Waals surface area contributed by atoms with Crippen LogP contribution in [0, 0.1) is 6.92 Å². The Morgan fingerprint density at radius 1 is 1.09 bits per heavy atom. The molecule has 8 nitrogen and oxygen atoms in total. The molecule has 0 spiro atoms. The van der Waals surface area contributed by atoms with Crippen LogP contribution in [-0.4, -0.2) is 53.5 Å². The molecular formula is C23H30Cl3N7O. The number of nitrogens with two attached hydrogens (primary N) is 2. The number of likely N-dealkylation sites (N-methyl/N-ethyl adjacent to an activating group) is 1. The number of halogens is 3. The van der Waals surface area contributed by atoms with Crippen molar-refractivity contribution < 1.29 is 4.79 Å². The number of hydrogen-bond acceptors (Lipinski definition) is 4. The van der Waals surface area contributed by atoms with Gasteiger partial charge in [0.15, 0.2) is 5.96 Å². The highest BCUT2D eigenvalue weighted by atomic mass is 35.5. The van der Waals surface area contributed by atoms with E-state index >= 15 is 0 Å². The number of amides is 1. The molecule has 0 bridgehead atoms. The largest absolute Gasteiger partial charge is 0.370 e. The minimum absolute atomic E-state index is 0. The number of nitrogens with one attached hydrogen (secondary N) is 1. The number of nitrogens with zero attached hydrogens (tertiary/aromatic N) is 4. The Morgan fingerprint density at radius 2 is 1.79 bits per heavy atom. The number of para-hydroxylation sites is 1. The highest BCUT2D eigenvalue weighted by Gasteiger charge is 2.17. The monoisotopic (exact) mass is 525 g/mol. The zero-order valence-electron chi connectivity index (χ0n) is 19.2. The fraction of sp³-hybridized carbons (Fsp3) is 0.261. The fourth-order valence-electron chi connectivity index (χ4n) is 3.93. The van der Waals surface area contributed by atoms with Crippen molar-refractivity contribution in [2.45, 2.75) is 13.5 Å². The predicted molar refractivity (Wildman–Crippen MR) is 149 cm³/mol. The number of anilines is 1. The van der Waals surface area contributed by atoms with Crippen molar-refractivity contribution in [2.75, 3.05) is 32.5 Å². The highest BCUT2D eigenvalue weighted by Crippen LogP contribution is 2.35. The maximum absolute atomic E-state index is 12.2. The lowest BCUT2D eigenvalue weighted by Gasteiger charge is -2.12. The summed E-state index contributed by atoms with van der Waals surface area (Å²) in [6, 6.07) is 14.1. The van der Waals surface area contributed by atoms with E-state index in [1.807, 2.05) is 36.4 Å². The topological polar surface area (TPSA) is 115 Å². The smallest absolute Gasteiger partial charge is 0.246 e. The molecular weight excluding hydrogens is 497 g/mol. The van der Waals surface area contributed by atoms with E-state index in [0.717, 1.165) is 45.9 Å². The van der Waals surface area contributed by atoms with Crippen molar-refractivity contribution in [1.82, 2.24) is 14.5 Å². The number of aliphatic imine (C=N–C) groups is 1.